The fourth-order valence-electron chi connectivity index (χ4n) is 3.69. The molecule has 2 N–H and O–H groups in total. The van der Waals surface area contributed by atoms with Gasteiger partial charge in [-0.15, -0.1) is 0 Å². The van der Waals surface area contributed by atoms with Gasteiger partial charge in [0.2, 0.25) is 10.0 Å². The van der Waals surface area contributed by atoms with E-state index in [1.54, 1.807) is 19.1 Å². The van der Waals surface area contributed by atoms with Crippen LogP contribution in [0.5, 0.6) is 0 Å². The summed E-state index contributed by atoms with van der Waals surface area (Å²) in [4.78, 5) is 14.2. The number of carbonyl (C=O) groups excluding carboxylic acids is 1. The first-order valence-corrected chi connectivity index (χ1v) is 11.8. The van der Waals surface area contributed by atoms with Gasteiger partial charge in [-0.25, -0.2) is 21.9 Å². The van der Waals surface area contributed by atoms with Crippen LogP contribution < -0.4 is 14.9 Å². The standard InChI is InChI=1S/C22H27F2N3O4S/c1-4-26-32(29,30)17-6-7-19(23)18(10-17)22(28)25-11-16-5-8-21(20(24)9-16)27-12-14(2)31-15(3)13-27/h5-10,14-15,26H,4,11-13H2,1-3H3,(H,25,28). The average Bonchev–Trinajstić information content (AvgIpc) is 2.71. The second-order valence-electron chi connectivity index (χ2n) is 7.77. The molecule has 0 aromatic heterocycles. The highest BCUT2D eigenvalue weighted by Crippen LogP contribution is 2.24. The number of morpholine rings is 1. The van der Waals surface area contributed by atoms with E-state index >= 15 is 0 Å². The fraction of sp³-hybridized carbons (Fsp3) is 0.409. The number of benzene rings is 2. The summed E-state index contributed by atoms with van der Waals surface area (Å²) in [6.07, 6.45) is -0.0294. The van der Waals surface area contributed by atoms with E-state index in [1.807, 2.05) is 18.7 Å². The van der Waals surface area contributed by atoms with E-state index in [1.165, 1.54) is 6.07 Å². The van der Waals surface area contributed by atoms with Crippen molar-refractivity contribution in [2.45, 2.75) is 44.4 Å². The topological polar surface area (TPSA) is 87.7 Å². The van der Waals surface area contributed by atoms with E-state index in [4.69, 9.17) is 4.74 Å². The van der Waals surface area contributed by atoms with Gasteiger partial charge in [0.1, 0.15) is 11.6 Å². The molecule has 2 unspecified atom stereocenters. The van der Waals surface area contributed by atoms with E-state index in [-0.39, 0.29) is 30.2 Å². The lowest BCUT2D eigenvalue weighted by Gasteiger charge is -2.37. The molecule has 0 radical (unpaired) electrons. The summed E-state index contributed by atoms with van der Waals surface area (Å²) in [5, 5.41) is 2.51. The number of ether oxygens (including phenoxy) is 1. The van der Waals surface area contributed by atoms with Crippen LogP contribution in [0, 0.1) is 11.6 Å². The minimum absolute atomic E-state index is 0.0147. The smallest absolute Gasteiger partial charge is 0.254 e. The molecule has 1 aliphatic rings. The van der Waals surface area contributed by atoms with Crippen molar-refractivity contribution >= 4 is 21.6 Å². The Bertz CT molecular complexity index is 1080. The predicted molar refractivity (Wildman–Crippen MR) is 117 cm³/mol. The van der Waals surface area contributed by atoms with E-state index in [2.05, 4.69) is 10.0 Å². The molecule has 1 aliphatic heterocycles. The zero-order valence-electron chi connectivity index (χ0n) is 18.2. The molecule has 0 spiro atoms. The van der Waals surface area contributed by atoms with Crippen LogP contribution in [0.4, 0.5) is 14.5 Å². The van der Waals surface area contributed by atoms with Gasteiger partial charge in [0.15, 0.2) is 0 Å². The second-order valence-corrected chi connectivity index (χ2v) is 9.54. The van der Waals surface area contributed by atoms with Crippen LogP contribution in [-0.4, -0.2) is 46.2 Å². The van der Waals surface area contributed by atoms with Crippen molar-refractivity contribution in [2.75, 3.05) is 24.5 Å². The van der Waals surface area contributed by atoms with Crippen LogP contribution in [0.3, 0.4) is 0 Å². The molecule has 0 bridgehead atoms. The van der Waals surface area contributed by atoms with Crippen molar-refractivity contribution in [2.24, 2.45) is 0 Å². The van der Waals surface area contributed by atoms with Crippen LogP contribution in [0.1, 0.15) is 36.7 Å². The monoisotopic (exact) mass is 467 g/mol. The molecule has 0 saturated carbocycles. The zero-order valence-corrected chi connectivity index (χ0v) is 19.0. The number of sulfonamides is 1. The summed E-state index contributed by atoms with van der Waals surface area (Å²) < 4.78 is 61.1. The number of halogens is 2. The maximum atomic E-state index is 14.7. The largest absolute Gasteiger partial charge is 0.372 e. The lowest BCUT2D eigenvalue weighted by molar-refractivity contribution is -0.00539. The first kappa shape index (κ1) is 24.1. The molecule has 7 nitrogen and oxygen atoms in total. The van der Waals surface area contributed by atoms with Crippen LogP contribution in [0.15, 0.2) is 41.3 Å². The summed E-state index contributed by atoms with van der Waals surface area (Å²) in [7, 11) is -3.84. The number of rotatable bonds is 7. The predicted octanol–water partition coefficient (Wildman–Crippen LogP) is 2.81. The molecule has 10 heteroatoms. The molecule has 0 aliphatic carbocycles. The van der Waals surface area contributed by atoms with E-state index in [0.29, 0.717) is 24.3 Å². The molecule has 3 rings (SSSR count). The van der Waals surface area contributed by atoms with Crippen LogP contribution in [0.25, 0.3) is 0 Å². The van der Waals surface area contributed by atoms with E-state index < -0.39 is 33.1 Å². The van der Waals surface area contributed by atoms with E-state index in [0.717, 1.165) is 18.2 Å². The summed E-state index contributed by atoms with van der Waals surface area (Å²) in [5.74, 6) is -2.07. The SMILES string of the molecule is CCNS(=O)(=O)c1ccc(F)c(C(=O)NCc2ccc(N3CC(C)OC(C)C3)c(F)c2)c1. The summed E-state index contributed by atoms with van der Waals surface area (Å²) >= 11 is 0. The molecular weight excluding hydrogens is 440 g/mol. The number of nitrogens with zero attached hydrogens (tertiary/aromatic N) is 1. The van der Waals surface area contributed by atoms with Gasteiger partial charge in [0, 0.05) is 26.2 Å². The third-order valence-electron chi connectivity index (χ3n) is 5.05. The molecule has 2 aromatic carbocycles. The van der Waals surface area contributed by atoms with Crippen LogP contribution >= 0.6 is 0 Å². The Labute approximate surface area is 186 Å². The van der Waals surface area contributed by atoms with Crippen molar-refractivity contribution in [1.29, 1.82) is 0 Å². The van der Waals surface area contributed by atoms with Gasteiger partial charge in [0.05, 0.1) is 28.4 Å². The third-order valence-corrected chi connectivity index (χ3v) is 6.60. The maximum Gasteiger partial charge on any atom is 0.254 e. The Morgan fingerprint density at radius 3 is 2.41 bits per heavy atom. The highest BCUT2D eigenvalue weighted by atomic mass is 32.2. The fourth-order valence-corrected chi connectivity index (χ4v) is 4.75. The minimum atomic E-state index is -3.84. The molecule has 1 heterocycles. The van der Waals surface area contributed by atoms with Gasteiger partial charge in [-0.05, 0) is 49.7 Å². The number of amides is 1. The quantitative estimate of drug-likeness (QED) is 0.654. The zero-order chi connectivity index (χ0) is 23.5. The molecule has 174 valence electrons. The van der Waals surface area contributed by atoms with Crippen molar-refractivity contribution < 1.29 is 26.7 Å². The van der Waals surface area contributed by atoms with Crippen molar-refractivity contribution in [1.82, 2.24) is 10.0 Å². The lowest BCUT2D eigenvalue weighted by Crippen LogP contribution is -2.45. The Hall–Kier alpha value is -2.56. The van der Waals surface area contributed by atoms with E-state index in [9.17, 15) is 22.0 Å². The highest BCUT2D eigenvalue weighted by molar-refractivity contribution is 7.89. The first-order valence-electron chi connectivity index (χ1n) is 10.4. The van der Waals surface area contributed by atoms with Gasteiger partial charge in [0.25, 0.3) is 5.91 Å². The number of anilines is 1. The number of hydrogen-bond donors (Lipinski definition) is 2. The highest BCUT2D eigenvalue weighted by Gasteiger charge is 2.24. The lowest BCUT2D eigenvalue weighted by atomic mass is 10.1. The summed E-state index contributed by atoms with van der Waals surface area (Å²) in [5.41, 5.74) is 0.539. The Kier molecular flexibility index (Phi) is 7.47. The van der Waals surface area contributed by atoms with Gasteiger partial charge in [-0.3, -0.25) is 4.79 Å². The maximum absolute atomic E-state index is 14.7. The van der Waals surface area contributed by atoms with Gasteiger partial charge < -0.3 is 15.0 Å². The first-order chi connectivity index (χ1) is 15.1. The number of hydrogen-bond acceptors (Lipinski definition) is 5. The van der Waals surface area contributed by atoms with Crippen LogP contribution in [-0.2, 0) is 21.3 Å². The summed E-state index contributed by atoms with van der Waals surface area (Å²) in [6, 6.07) is 7.65. The molecule has 2 atom stereocenters. The average molecular weight is 468 g/mol. The normalized spacial score (nSPS) is 19.1. The van der Waals surface area contributed by atoms with Gasteiger partial charge in [-0.1, -0.05) is 13.0 Å². The summed E-state index contributed by atoms with van der Waals surface area (Å²) in [6.45, 7) is 6.73. The Balaban J connectivity index is 1.71. The molecule has 1 amide bonds. The molecular formula is C22H27F2N3O4S. The van der Waals surface area contributed by atoms with Crippen LogP contribution in [0.2, 0.25) is 0 Å². The van der Waals surface area contributed by atoms with Crippen molar-refractivity contribution in [3.05, 3.63) is 59.2 Å². The molecule has 1 fully saturated rings. The Morgan fingerprint density at radius 2 is 1.78 bits per heavy atom. The number of carbonyl (C=O) groups is 1. The molecule has 1 saturated heterocycles. The second kappa shape index (κ2) is 9.93. The van der Waals surface area contributed by atoms with Gasteiger partial charge >= 0.3 is 0 Å². The minimum Gasteiger partial charge on any atom is -0.372 e. The van der Waals surface area contributed by atoms with Crippen molar-refractivity contribution in [3.8, 4) is 0 Å². The van der Waals surface area contributed by atoms with Gasteiger partial charge in [-0.2, -0.15) is 0 Å². The Morgan fingerprint density at radius 1 is 1.09 bits per heavy atom. The molecule has 32 heavy (non-hydrogen) atoms. The third kappa shape index (κ3) is 5.62. The number of nitrogens with one attached hydrogen (secondary N) is 2. The molecule has 2 aromatic rings. The van der Waals surface area contributed by atoms with Crippen molar-refractivity contribution in [3.63, 3.8) is 0 Å².